The van der Waals surface area contributed by atoms with Gasteiger partial charge in [0.05, 0.1) is 17.4 Å². The van der Waals surface area contributed by atoms with E-state index >= 15 is 0 Å². The molecule has 1 saturated heterocycles. The van der Waals surface area contributed by atoms with Crippen LogP contribution in [-0.2, 0) is 23.9 Å². The fourth-order valence-electron chi connectivity index (χ4n) is 3.01. The number of hydrogen-bond acceptors (Lipinski definition) is 4. The molecule has 3 rings (SSSR count). The molecule has 0 bridgehead atoms. The van der Waals surface area contributed by atoms with E-state index in [1.54, 1.807) is 17.1 Å². The third-order valence-corrected chi connectivity index (χ3v) is 4.67. The molecule has 0 radical (unpaired) electrons. The number of rotatable bonds is 4. The molecule has 3 heterocycles. The molecule has 7 nitrogen and oxygen atoms in total. The maximum atomic E-state index is 12.9. The van der Waals surface area contributed by atoms with E-state index in [9.17, 15) is 4.79 Å². The van der Waals surface area contributed by atoms with Crippen molar-refractivity contribution in [3.63, 3.8) is 0 Å². The number of hydrogen-bond donors (Lipinski definition) is 0. The highest BCUT2D eigenvalue weighted by atomic mass is 35.5. The summed E-state index contributed by atoms with van der Waals surface area (Å²) in [6, 6.07) is 0. The van der Waals surface area contributed by atoms with Gasteiger partial charge in [0.2, 0.25) is 5.91 Å². The van der Waals surface area contributed by atoms with Crippen LogP contribution in [0.2, 0.25) is 5.02 Å². The van der Waals surface area contributed by atoms with Crippen LogP contribution in [0.3, 0.4) is 0 Å². The Hall–Kier alpha value is -1.86. The first-order chi connectivity index (χ1) is 11.4. The van der Waals surface area contributed by atoms with Crippen LogP contribution in [0.5, 0.6) is 0 Å². The lowest BCUT2D eigenvalue weighted by atomic mass is 10.0. The highest BCUT2D eigenvalue weighted by Gasteiger charge is 2.36. The molecule has 130 valence electrons. The Labute approximate surface area is 146 Å². The lowest BCUT2D eigenvalue weighted by Crippen LogP contribution is -2.54. The molecule has 0 aliphatic carbocycles. The summed E-state index contributed by atoms with van der Waals surface area (Å²) in [6.07, 6.45) is 7.17. The second-order valence-electron chi connectivity index (χ2n) is 6.75. The Morgan fingerprint density at radius 2 is 1.88 bits per heavy atom. The average Bonchev–Trinajstić information content (AvgIpc) is 3.16. The van der Waals surface area contributed by atoms with Crippen LogP contribution in [-0.4, -0.2) is 61.4 Å². The van der Waals surface area contributed by atoms with Gasteiger partial charge in [-0.25, -0.2) is 0 Å². The van der Waals surface area contributed by atoms with E-state index in [4.69, 9.17) is 11.6 Å². The Morgan fingerprint density at radius 1 is 1.17 bits per heavy atom. The molecule has 8 heteroatoms. The Kier molecular flexibility index (Phi) is 4.64. The molecule has 0 atom stereocenters. The maximum absolute atomic E-state index is 12.9. The predicted octanol–water partition coefficient (Wildman–Crippen LogP) is 1.35. The van der Waals surface area contributed by atoms with Crippen molar-refractivity contribution in [2.45, 2.75) is 25.9 Å². The molecule has 2 aromatic heterocycles. The van der Waals surface area contributed by atoms with Crippen LogP contribution in [0.15, 0.2) is 24.8 Å². The Morgan fingerprint density at radius 3 is 2.42 bits per heavy atom. The molecule has 0 unspecified atom stereocenters. The van der Waals surface area contributed by atoms with Gasteiger partial charge >= 0.3 is 0 Å². The molecule has 0 saturated carbocycles. The normalized spacial score (nSPS) is 16.6. The van der Waals surface area contributed by atoms with E-state index in [2.05, 4.69) is 15.1 Å². The summed E-state index contributed by atoms with van der Waals surface area (Å²) in [7, 11) is 1.92. The third kappa shape index (κ3) is 3.47. The van der Waals surface area contributed by atoms with Crippen molar-refractivity contribution in [1.82, 2.24) is 29.4 Å². The van der Waals surface area contributed by atoms with Crippen molar-refractivity contribution in [3.05, 3.63) is 35.4 Å². The molecule has 1 aliphatic heterocycles. The second-order valence-corrected chi connectivity index (χ2v) is 7.19. The van der Waals surface area contributed by atoms with Gasteiger partial charge in [-0.3, -0.25) is 19.1 Å². The van der Waals surface area contributed by atoms with Gasteiger partial charge in [-0.15, -0.1) is 0 Å². The number of nitrogens with zero attached hydrogens (tertiary/aromatic N) is 6. The lowest BCUT2D eigenvalue weighted by Gasteiger charge is -2.38. The highest BCUT2D eigenvalue weighted by molar-refractivity contribution is 6.30. The molecule has 2 aromatic rings. The largest absolute Gasteiger partial charge is 0.338 e. The molecule has 24 heavy (non-hydrogen) atoms. The van der Waals surface area contributed by atoms with Crippen LogP contribution >= 0.6 is 11.6 Å². The summed E-state index contributed by atoms with van der Waals surface area (Å²) in [6.45, 7) is 7.78. The van der Waals surface area contributed by atoms with Crippen molar-refractivity contribution in [2.24, 2.45) is 7.05 Å². The van der Waals surface area contributed by atoms with Gasteiger partial charge in [-0.2, -0.15) is 10.2 Å². The number of amides is 1. The van der Waals surface area contributed by atoms with Crippen molar-refractivity contribution >= 4 is 17.5 Å². The van der Waals surface area contributed by atoms with Crippen LogP contribution in [0.4, 0.5) is 0 Å². The second kappa shape index (κ2) is 6.57. The van der Waals surface area contributed by atoms with E-state index in [1.165, 1.54) is 5.56 Å². The first-order valence-electron chi connectivity index (χ1n) is 8.06. The van der Waals surface area contributed by atoms with Crippen LogP contribution < -0.4 is 0 Å². The van der Waals surface area contributed by atoms with Crippen LogP contribution in [0.25, 0.3) is 0 Å². The average molecular weight is 351 g/mol. The molecule has 0 spiro atoms. The van der Waals surface area contributed by atoms with Crippen molar-refractivity contribution in [1.29, 1.82) is 0 Å². The van der Waals surface area contributed by atoms with E-state index in [1.807, 2.05) is 42.9 Å². The Bertz CT molecular complexity index is 714. The van der Waals surface area contributed by atoms with E-state index in [0.717, 1.165) is 32.7 Å². The molecule has 1 aliphatic rings. The molecule has 1 amide bonds. The maximum Gasteiger partial charge on any atom is 0.250 e. The van der Waals surface area contributed by atoms with Gasteiger partial charge in [0.15, 0.2) is 0 Å². The monoisotopic (exact) mass is 350 g/mol. The summed E-state index contributed by atoms with van der Waals surface area (Å²) in [5.74, 6) is 0.0725. The number of aryl methyl sites for hydroxylation is 1. The Balaban J connectivity index is 1.58. The summed E-state index contributed by atoms with van der Waals surface area (Å²) < 4.78 is 3.45. The van der Waals surface area contributed by atoms with Gasteiger partial charge < -0.3 is 4.90 Å². The first-order valence-corrected chi connectivity index (χ1v) is 8.44. The van der Waals surface area contributed by atoms with Crippen molar-refractivity contribution < 1.29 is 4.79 Å². The summed E-state index contributed by atoms with van der Waals surface area (Å²) in [5.41, 5.74) is 0.461. The van der Waals surface area contributed by atoms with Gasteiger partial charge in [0.25, 0.3) is 0 Å². The lowest BCUT2D eigenvalue weighted by molar-refractivity contribution is -0.141. The molecule has 0 N–H and O–H groups in total. The van der Waals surface area contributed by atoms with Crippen LogP contribution in [0.1, 0.15) is 19.4 Å². The fourth-order valence-corrected chi connectivity index (χ4v) is 3.15. The number of halogens is 1. The zero-order chi connectivity index (χ0) is 17.3. The smallest absolute Gasteiger partial charge is 0.250 e. The van der Waals surface area contributed by atoms with E-state index < -0.39 is 5.54 Å². The van der Waals surface area contributed by atoms with Gasteiger partial charge in [0, 0.05) is 57.7 Å². The molecular formula is C16H23ClN6O. The van der Waals surface area contributed by atoms with Crippen LogP contribution in [0, 0.1) is 0 Å². The number of carbonyl (C=O) groups is 1. The quantitative estimate of drug-likeness (QED) is 0.835. The highest BCUT2D eigenvalue weighted by Crippen LogP contribution is 2.21. The number of piperazine rings is 1. The minimum absolute atomic E-state index is 0.0725. The summed E-state index contributed by atoms with van der Waals surface area (Å²) in [4.78, 5) is 17.1. The van der Waals surface area contributed by atoms with E-state index in [0.29, 0.717) is 5.02 Å². The molecule has 0 aromatic carbocycles. The summed E-state index contributed by atoms with van der Waals surface area (Å²) in [5, 5.41) is 8.93. The number of aromatic nitrogens is 4. The van der Waals surface area contributed by atoms with Crippen molar-refractivity contribution in [2.75, 3.05) is 26.2 Å². The minimum Gasteiger partial charge on any atom is -0.338 e. The fraction of sp³-hybridized carbons (Fsp3) is 0.562. The first kappa shape index (κ1) is 17.0. The van der Waals surface area contributed by atoms with Gasteiger partial charge in [-0.05, 0) is 13.8 Å². The minimum atomic E-state index is -0.737. The van der Waals surface area contributed by atoms with Gasteiger partial charge in [-0.1, -0.05) is 11.6 Å². The van der Waals surface area contributed by atoms with Crippen molar-refractivity contribution in [3.8, 4) is 0 Å². The SMILES string of the molecule is Cn1cc(CN2CCN(C(=O)C(C)(C)n3cc(Cl)cn3)CC2)cn1. The predicted molar refractivity (Wildman–Crippen MR) is 91.6 cm³/mol. The third-order valence-electron chi connectivity index (χ3n) is 4.47. The van der Waals surface area contributed by atoms with Gasteiger partial charge in [0.1, 0.15) is 5.54 Å². The zero-order valence-corrected chi connectivity index (χ0v) is 15.1. The number of carbonyl (C=O) groups excluding carboxylic acids is 1. The topological polar surface area (TPSA) is 59.2 Å². The molecular weight excluding hydrogens is 328 g/mol. The molecule has 1 fully saturated rings. The zero-order valence-electron chi connectivity index (χ0n) is 14.3. The van der Waals surface area contributed by atoms with E-state index in [-0.39, 0.29) is 5.91 Å². The standard InChI is InChI=1S/C16H23ClN6O/c1-16(2,23-12-14(17)9-19-23)15(24)22-6-4-21(5-7-22)11-13-8-18-20(3)10-13/h8-10,12H,4-7,11H2,1-3H3. The summed E-state index contributed by atoms with van der Waals surface area (Å²) >= 11 is 5.93.